The first-order valence-corrected chi connectivity index (χ1v) is 9.20. The molecule has 1 aliphatic carbocycles. The molecule has 0 bridgehead atoms. The van der Waals surface area contributed by atoms with Crippen molar-refractivity contribution in [3.8, 4) is 5.75 Å². The number of hydrogen-bond acceptors (Lipinski definition) is 4. The number of piperidine rings is 1. The quantitative estimate of drug-likeness (QED) is 0.809. The number of ether oxygens (including phenoxy) is 2. The van der Waals surface area contributed by atoms with Crippen molar-refractivity contribution in [1.82, 2.24) is 10.2 Å². The first-order valence-electron chi connectivity index (χ1n) is 9.20. The summed E-state index contributed by atoms with van der Waals surface area (Å²) in [6.07, 6.45) is 1.71. The van der Waals surface area contributed by atoms with Gasteiger partial charge >= 0.3 is 12.0 Å². The van der Waals surface area contributed by atoms with Crippen molar-refractivity contribution in [3.63, 3.8) is 0 Å². The Bertz CT molecular complexity index is 624. The predicted molar refractivity (Wildman–Crippen MR) is 95.1 cm³/mol. The zero-order chi connectivity index (χ0) is 18.5. The zero-order valence-corrected chi connectivity index (χ0v) is 15.0. The van der Waals surface area contributed by atoms with E-state index in [4.69, 9.17) is 9.47 Å². The van der Waals surface area contributed by atoms with E-state index in [-0.39, 0.29) is 30.8 Å². The number of likely N-dealkylation sites (tertiary alicyclic amines) is 1. The van der Waals surface area contributed by atoms with Crippen LogP contribution in [0.1, 0.15) is 26.2 Å². The molecule has 7 heteroatoms. The van der Waals surface area contributed by atoms with Gasteiger partial charge in [0.1, 0.15) is 11.9 Å². The summed E-state index contributed by atoms with van der Waals surface area (Å²) < 4.78 is 11.7. The van der Waals surface area contributed by atoms with Crippen molar-refractivity contribution in [3.05, 3.63) is 30.3 Å². The number of carbonyl (C=O) groups excluding carboxylic acids is 1. The number of carboxylic acids is 1. The van der Waals surface area contributed by atoms with Gasteiger partial charge in [-0.2, -0.15) is 0 Å². The predicted octanol–water partition coefficient (Wildman–Crippen LogP) is 2.12. The van der Waals surface area contributed by atoms with Gasteiger partial charge in [0.15, 0.2) is 0 Å². The van der Waals surface area contributed by atoms with Gasteiger partial charge in [0.05, 0.1) is 18.1 Å². The van der Waals surface area contributed by atoms with E-state index in [2.05, 4.69) is 5.32 Å². The van der Waals surface area contributed by atoms with E-state index >= 15 is 0 Å². The number of carbonyl (C=O) groups is 2. The molecule has 0 aromatic heterocycles. The average Bonchev–Trinajstić information content (AvgIpc) is 2.66. The fraction of sp³-hybridized carbons (Fsp3) is 0.579. The summed E-state index contributed by atoms with van der Waals surface area (Å²) in [5, 5.41) is 12.2. The van der Waals surface area contributed by atoms with Gasteiger partial charge in [-0.25, -0.2) is 4.79 Å². The second-order valence-electron chi connectivity index (χ2n) is 6.80. The van der Waals surface area contributed by atoms with Crippen molar-refractivity contribution >= 4 is 12.0 Å². The molecule has 2 fully saturated rings. The molecular weight excluding hydrogens is 336 g/mol. The Morgan fingerprint density at radius 1 is 1.31 bits per heavy atom. The molecule has 2 N–H and O–H groups in total. The number of amides is 2. The Morgan fingerprint density at radius 2 is 2.08 bits per heavy atom. The molecular formula is C19H26N2O5. The summed E-state index contributed by atoms with van der Waals surface area (Å²) in [5.41, 5.74) is 0. The SMILES string of the molecule is CCOC1CC(NC(=O)N2CCCC(C(=O)O)C2)C1Oc1ccccc1. The molecule has 0 radical (unpaired) electrons. The van der Waals surface area contributed by atoms with E-state index in [1.165, 1.54) is 0 Å². The third kappa shape index (κ3) is 4.27. The standard InChI is InChI=1S/C19H26N2O5/c1-2-25-16-11-15(17(16)26-14-8-4-3-5-9-14)20-19(24)21-10-6-7-13(12-21)18(22)23/h3-5,8-9,13,15-17H,2,6-7,10-12H2,1H3,(H,20,24)(H,22,23). The van der Waals surface area contributed by atoms with Crippen LogP contribution in [0.15, 0.2) is 30.3 Å². The monoisotopic (exact) mass is 362 g/mol. The summed E-state index contributed by atoms with van der Waals surface area (Å²) in [4.78, 5) is 25.3. The summed E-state index contributed by atoms with van der Waals surface area (Å²) in [5.74, 6) is -0.582. The smallest absolute Gasteiger partial charge is 0.317 e. The fourth-order valence-corrected chi connectivity index (χ4v) is 3.53. The zero-order valence-electron chi connectivity index (χ0n) is 15.0. The van der Waals surface area contributed by atoms with Crippen molar-refractivity contribution < 1.29 is 24.2 Å². The molecule has 1 aromatic carbocycles. The van der Waals surface area contributed by atoms with Crippen LogP contribution < -0.4 is 10.1 Å². The topological polar surface area (TPSA) is 88.1 Å². The van der Waals surface area contributed by atoms with Gasteiger partial charge in [0.2, 0.25) is 0 Å². The maximum atomic E-state index is 12.6. The van der Waals surface area contributed by atoms with Crippen LogP contribution in [0.2, 0.25) is 0 Å². The minimum atomic E-state index is -0.840. The van der Waals surface area contributed by atoms with Gasteiger partial charge < -0.3 is 24.8 Å². The molecule has 3 rings (SSSR count). The largest absolute Gasteiger partial charge is 0.486 e. The van der Waals surface area contributed by atoms with E-state index in [1.54, 1.807) is 4.90 Å². The Kier molecular flexibility index (Phi) is 5.98. The lowest BCUT2D eigenvalue weighted by molar-refractivity contribution is -0.143. The van der Waals surface area contributed by atoms with Gasteiger partial charge in [0, 0.05) is 26.1 Å². The maximum absolute atomic E-state index is 12.6. The lowest BCUT2D eigenvalue weighted by Crippen LogP contribution is -2.64. The second kappa shape index (κ2) is 8.40. The molecule has 1 heterocycles. The molecule has 142 valence electrons. The van der Waals surface area contributed by atoms with E-state index in [1.807, 2.05) is 37.3 Å². The van der Waals surface area contributed by atoms with Crippen LogP contribution in [0.5, 0.6) is 5.75 Å². The van der Waals surface area contributed by atoms with Crippen LogP contribution in [0.25, 0.3) is 0 Å². The minimum Gasteiger partial charge on any atom is -0.486 e. The number of hydrogen-bond donors (Lipinski definition) is 2. The number of aliphatic carboxylic acids is 1. The number of para-hydroxylation sites is 1. The Labute approximate surface area is 153 Å². The number of nitrogens with zero attached hydrogens (tertiary/aromatic N) is 1. The molecule has 1 saturated carbocycles. The summed E-state index contributed by atoms with van der Waals surface area (Å²) in [7, 11) is 0. The van der Waals surface area contributed by atoms with Crippen LogP contribution in [-0.4, -0.2) is 60.0 Å². The molecule has 7 nitrogen and oxygen atoms in total. The third-order valence-electron chi connectivity index (χ3n) is 5.01. The van der Waals surface area contributed by atoms with Crippen molar-refractivity contribution in [2.45, 2.75) is 44.4 Å². The molecule has 1 aromatic rings. The molecule has 4 unspecified atom stereocenters. The highest BCUT2D eigenvalue weighted by molar-refractivity contribution is 5.77. The van der Waals surface area contributed by atoms with Gasteiger partial charge in [-0.1, -0.05) is 18.2 Å². The first kappa shape index (κ1) is 18.5. The highest BCUT2D eigenvalue weighted by Crippen LogP contribution is 2.29. The van der Waals surface area contributed by atoms with Crippen molar-refractivity contribution in [2.75, 3.05) is 19.7 Å². The lowest BCUT2D eigenvalue weighted by Gasteiger charge is -2.44. The molecule has 0 spiro atoms. The lowest BCUT2D eigenvalue weighted by atomic mass is 9.85. The third-order valence-corrected chi connectivity index (χ3v) is 5.01. The van der Waals surface area contributed by atoms with Crippen LogP contribution in [-0.2, 0) is 9.53 Å². The molecule has 1 saturated heterocycles. The van der Waals surface area contributed by atoms with Crippen molar-refractivity contribution in [1.29, 1.82) is 0 Å². The highest BCUT2D eigenvalue weighted by Gasteiger charge is 2.45. The van der Waals surface area contributed by atoms with Gasteiger partial charge in [-0.05, 0) is 31.9 Å². The highest BCUT2D eigenvalue weighted by atomic mass is 16.5. The molecule has 2 amide bonds. The van der Waals surface area contributed by atoms with Crippen molar-refractivity contribution in [2.24, 2.45) is 5.92 Å². The Hall–Kier alpha value is -2.28. The van der Waals surface area contributed by atoms with Crippen LogP contribution >= 0.6 is 0 Å². The molecule has 26 heavy (non-hydrogen) atoms. The Balaban J connectivity index is 1.58. The van der Waals surface area contributed by atoms with Crippen LogP contribution in [0.4, 0.5) is 4.79 Å². The molecule has 1 aliphatic heterocycles. The maximum Gasteiger partial charge on any atom is 0.317 e. The average molecular weight is 362 g/mol. The summed E-state index contributed by atoms with van der Waals surface area (Å²) in [6, 6.07) is 9.10. The van der Waals surface area contributed by atoms with Gasteiger partial charge in [-0.3, -0.25) is 4.79 Å². The number of urea groups is 1. The number of nitrogens with one attached hydrogen (secondary N) is 1. The molecule has 4 atom stereocenters. The number of rotatable bonds is 6. The second-order valence-corrected chi connectivity index (χ2v) is 6.80. The number of carboxylic acid groups (broad SMARTS) is 1. The fourth-order valence-electron chi connectivity index (χ4n) is 3.53. The van der Waals surface area contributed by atoms with Crippen LogP contribution in [0, 0.1) is 5.92 Å². The normalized spacial score (nSPS) is 28.1. The van der Waals surface area contributed by atoms with E-state index in [0.29, 0.717) is 32.4 Å². The van der Waals surface area contributed by atoms with E-state index < -0.39 is 11.9 Å². The summed E-state index contributed by atoms with van der Waals surface area (Å²) in [6.45, 7) is 3.37. The minimum absolute atomic E-state index is 0.0568. The van der Waals surface area contributed by atoms with Crippen LogP contribution in [0.3, 0.4) is 0 Å². The van der Waals surface area contributed by atoms with Gasteiger partial charge in [0.25, 0.3) is 0 Å². The molecule has 2 aliphatic rings. The summed E-state index contributed by atoms with van der Waals surface area (Å²) >= 11 is 0. The van der Waals surface area contributed by atoms with Gasteiger partial charge in [-0.15, -0.1) is 0 Å². The van der Waals surface area contributed by atoms with E-state index in [9.17, 15) is 14.7 Å². The number of benzene rings is 1. The van der Waals surface area contributed by atoms with E-state index in [0.717, 1.165) is 5.75 Å². The Morgan fingerprint density at radius 3 is 2.77 bits per heavy atom. The first-order chi connectivity index (χ1) is 12.6.